The van der Waals surface area contributed by atoms with E-state index >= 15 is 0 Å². The van der Waals surface area contributed by atoms with E-state index in [9.17, 15) is 0 Å². The molecule has 0 spiro atoms. The summed E-state index contributed by atoms with van der Waals surface area (Å²) in [5.74, 6) is 0.811. The highest BCUT2D eigenvalue weighted by Gasteiger charge is 2.07. The van der Waals surface area contributed by atoms with Crippen LogP contribution in [0.1, 0.15) is 5.56 Å². The van der Waals surface area contributed by atoms with Crippen LogP contribution in [0, 0.1) is 0 Å². The topological polar surface area (TPSA) is 67.8 Å². The summed E-state index contributed by atoms with van der Waals surface area (Å²) in [5.41, 5.74) is 6.03. The first kappa shape index (κ1) is 14.6. The monoisotopic (exact) mass is 308 g/mol. The highest BCUT2D eigenvalue weighted by atomic mass is 35.5. The Hall–Kier alpha value is -1.85. The second kappa shape index (κ2) is 6.54. The minimum Gasteiger partial charge on any atom is -0.497 e. The number of nitrogens with two attached hydrogens (primary N) is 1. The number of oxime groups is 1. The Morgan fingerprint density at radius 2 is 1.85 bits per heavy atom. The first-order valence-corrected chi connectivity index (χ1v) is 6.93. The van der Waals surface area contributed by atoms with Crippen LogP contribution < -0.4 is 10.5 Å². The molecule has 2 aromatic rings. The van der Waals surface area contributed by atoms with Gasteiger partial charge in [0.05, 0.1) is 12.1 Å². The van der Waals surface area contributed by atoms with Crippen molar-refractivity contribution in [3.63, 3.8) is 0 Å². The molecule has 0 radical (unpaired) electrons. The first-order valence-electron chi connectivity index (χ1n) is 5.73. The van der Waals surface area contributed by atoms with Gasteiger partial charge in [0.25, 0.3) is 0 Å². The quantitative estimate of drug-likeness (QED) is 0.392. The predicted octanol–water partition coefficient (Wildman–Crippen LogP) is 3.59. The van der Waals surface area contributed by atoms with Gasteiger partial charge < -0.3 is 15.7 Å². The van der Waals surface area contributed by atoms with Crippen LogP contribution in [0.2, 0.25) is 5.02 Å². The predicted molar refractivity (Wildman–Crippen MR) is 81.1 cm³/mol. The Kier molecular flexibility index (Phi) is 4.76. The van der Waals surface area contributed by atoms with Gasteiger partial charge in [0.15, 0.2) is 5.84 Å². The Morgan fingerprint density at radius 3 is 2.40 bits per heavy atom. The molecule has 0 aliphatic carbocycles. The number of rotatable bonds is 4. The lowest BCUT2D eigenvalue weighted by molar-refractivity contribution is 0.318. The summed E-state index contributed by atoms with van der Waals surface area (Å²) in [6, 6.07) is 13.1. The molecular weight excluding hydrogens is 296 g/mol. The Balaban J connectivity index is 2.19. The highest BCUT2D eigenvalue weighted by molar-refractivity contribution is 7.99. The molecule has 0 fully saturated rings. The SMILES string of the molecule is COc1ccc(Sc2ccc(C(N)=NO)c(Cl)c2)cc1. The molecule has 0 aromatic heterocycles. The van der Waals surface area contributed by atoms with Gasteiger partial charge >= 0.3 is 0 Å². The average molecular weight is 309 g/mol. The highest BCUT2D eigenvalue weighted by Crippen LogP contribution is 2.31. The van der Waals surface area contributed by atoms with Gasteiger partial charge in [-0.25, -0.2) is 0 Å². The smallest absolute Gasteiger partial charge is 0.171 e. The van der Waals surface area contributed by atoms with Gasteiger partial charge in [0, 0.05) is 15.4 Å². The van der Waals surface area contributed by atoms with Crippen LogP contribution in [0.4, 0.5) is 0 Å². The second-order valence-corrected chi connectivity index (χ2v) is 5.46. The second-order valence-electron chi connectivity index (χ2n) is 3.90. The zero-order chi connectivity index (χ0) is 14.5. The number of halogens is 1. The third-order valence-electron chi connectivity index (χ3n) is 2.62. The van der Waals surface area contributed by atoms with E-state index < -0.39 is 0 Å². The summed E-state index contributed by atoms with van der Waals surface area (Å²) in [7, 11) is 1.63. The standard InChI is InChI=1S/C14H13ClN2O2S/c1-19-9-2-4-10(5-3-9)20-11-6-7-12(13(15)8-11)14(16)17-18/h2-8,18H,1H3,(H2,16,17). The summed E-state index contributed by atoms with van der Waals surface area (Å²) in [6.45, 7) is 0. The molecule has 104 valence electrons. The van der Waals surface area contributed by atoms with Crippen molar-refractivity contribution in [2.45, 2.75) is 9.79 Å². The number of ether oxygens (including phenoxy) is 1. The van der Waals surface area contributed by atoms with E-state index in [0.717, 1.165) is 15.5 Å². The maximum absolute atomic E-state index is 8.65. The molecule has 0 atom stereocenters. The molecule has 0 heterocycles. The van der Waals surface area contributed by atoms with E-state index in [4.69, 9.17) is 27.3 Å². The summed E-state index contributed by atoms with van der Waals surface area (Å²) in [5, 5.41) is 12.0. The van der Waals surface area contributed by atoms with E-state index in [1.807, 2.05) is 30.3 Å². The lowest BCUT2D eigenvalue weighted by Gasteiger charge is -2.06. The maximum Gasteiger partial charge on any atom is 0.171 e. The van der Waals surface area contributed by atoms with Gasteiger partial charge in [0.1, 0.15) is 5.75 Å². The lowest BCUT2D eigenvalue weighted by atomic mass is 10.2. The molecule has 20 heavy (non-hydrogen) atoms. The molecule has 0 saturated carbocycles. The summed E-state index contributed by atoms with van der Waals surface area (Å²) >= 11 is 7.68. The molecule has 0 bridgehead atoms. The first-order chi connectivity index (χ1) is 9.63. The third kappa shape index (κ3) is 3.37. The van der Waals surface area contributed by atoms with E-state index in [1.165, 1.54) is 0 Å². The molecule has 6 heteroatoms. The Bertz CT molecular complexity index is 630. The summed E-state index contributed by atoms with van der Waals surface area (Å²) < 4.78 is 5.11. The molecule has 3 N–H and O–H groups in total. The van der Waals surface area contributed by atoms with Crippen molar-refractivity contribution in [1.82, 2.24) is 0 Å². The minimum absolute atomic E-state index is 0.00371. The number of hydrogen-bond acceptors (Lipinski definition) is 4. The van der Waals surface area contributed by atoms with Crippen molar-refractivity contribution >= 4 is 29.2 Å². The summed E-state index contributed by atoms with van der Waals surface area (Å²) in [4.78, 5) is 2.04. The van der Waals surface area contributed by atoms with Crippen molar-refractivity contribution in [2.24, 2.45) is 10.9 Å². The molecule has 2 aromatic carbocycles. The van der Waals surface area contributed by atoms with Gasteiger partial charge in [-0.2, -0.15) is 0 Å². The number of nitrogens with zero attached hydrogens (tertiary/aromatic N) is 1. The molecule has 0 unspecified atom stereocenters. The number of amidine groups is 1. The van der Waals surface area contributed by atoms with Crippen LogP contribution in [0.15, 0.2) is 57.4 Å². The van der Waals surface area contributed by atoms with Gasteiger partial charge in [-0.05, 0) is 42.5 Å². The molecule has 0 amide bonds. The van der Waals surface area contributed by atoms with Crippen molar-refractivity contribution in [1.29, 1.82) is 0 Å². The zero-order valence-electron chi connectivity index (χ0n) is 10.7. The van der Waals surface area contributed by atoms with Crippen LogP contribution in [0.25, 0.3) is 0 Å². The third-order valence-corrected chi connectivity index (χ3v) is 3.93. The fraction of sp³-hybridized carbons (Fsp3) is 0.0714. The van der Waals surface area contributed by atoms with E-state index in [1.54, 1.807) is 31.0 Å². The van der Waals surface area contributed by atoms with Gasteiger partial charge in [0.2, 0.25) is 0 Å². The molecule has 4 nitrogen and oxygen atoms in total. The van der Waals surface area contributed by atoms with E-state index in [2.05, 4.69) is 5.16 Å². The van der Waals surface area contributed by atoms with Crippen molar-refractivity contribution in [3.8, 4) is 5.75 Å². The number of hydrogen-bond donors (Lipinski definition) is 2. The zero-order valence-corrected chi connectivity index (χ0v) is 12.3. The number of methoxy groups -OCH3 is 1. The molecule has 2 rings (SSSR count). The van der Waals surface area contributed by atoms with Gasteiger partial charge in [-0.15, -0.1) is 0 Å². The van der Waals surface area contributed by atoms with Crippen LogP contribution in [0.3, 0.4) is 0 Å². The van der Waals surface area contributed by atoms with E-state index in [-0.39, 0.29) is 5.84 Å². The van der Waals surface area contributed by atoms with Gasteiger partial charge in [-0.3, -0.25) is 0 Å². The fourth-order valence-electron chi connectivity index (χ4n) is 1.60. The average Bonchev–Trinajstić information content (AvgIpc) is 2.47. The molecule has 0 saturated heterocycles. The largest absolute Gasteiger partial charge is 0.497 e. The minimum atomic E-state index is -0.00371. The summed E-state index contributed by atoms with van der Waals surface area (Å²) in [6.07, 6.45) is 0. The van der Waals surface area contributed by atoms with Gasteiger partial charge in [-0.1, -0.05) is 28.5 Å². The van der Waals surface area contributed by atoms with Crippen LogP contribution in [-0.4, -0.2) is 18.2 Å². The van der Waals surface area contributed by atoms with Crippen LogP contribution >= 0.6 is 23.4 Å². The van der Waals surface area contributed by atoms with Crippen LogP contribution in [0.5, 0.6) is 5.75 Å². The maximum atomic E-state index is 8.65. The Labute approximate surface area is 126 Å². The van der Waals surface area contributed by atoms with Crippen molar-refractivity contribution < 1.29 is 9.94 Å². The number of benzene rings is 2. The fourth-order valence-corrected chi connectivity index (χ4v) is 2.80. The lowest BCUT2D eigenvalue weighted by Crippen LogP contribution is -2.13. The molecule has 0 aliphatic rings. The Morgan fingerprint density at radius 1 is 1.20 bits per heavy atom. The van der Waals surface area contributed by atoms with E-state index in [0.29, 0.717) is 10.6 Å². The molecular formula is C14H13ClN2O2S. The van der Waals surface area contributed by atoms with Crippen molar-refractivity contribution in [2.75, 3.05) is 7.11 Å². The van der Waals surface area contributed by atoms with Crippen molar-refractivity contribution in [3.05, 3.63) is 53.1 Å². The molecule has 0 aliphatic heterocycles. The normalized spacial score (nSPS) is 11.4. The van der Waals surface area contributed by atoms with Crippen LogP contribution in [-0.2, 0) is 0 Å².